The minimum atomic E-state index is -0.309. The summed E-state index contributed by atoms with van der Waals surface area (Å²) in [6, 6.07) is 10.5. The lowest BCUT2D eigenvalue weighted by molar-refractivity contribution is 0.102. The number of carbonyl (C=O) groups is 1. The van der Waals surface area contributed by atoms with Gasteiger partial charge in [0, 0.05) is 5.02 Å². The van der Waals surface area contributed by atoms with Crippen molar-refractivity contribution in [3.8, 4) is 11.5 Å². The second-order valence-electron chi connectivity index (χ2n) is 4.62. The number of rotatable bonds is 4. The third-order valence-corrected chi connectivity index (χ3v) is 4.40. The number of fused-ring (bicyclic) bond motifs is 1. The van der Waals surface area contributed by atoms with Gasteiger partial charge in [0.25, 0.3) is 5.91 Å². The van der Waals surface area contributed by atoms with Gasteiger partial charge in [-0.25, -0.2) is 4.98 Å². The van der Waals surface area contributed by atoms with E-state index in [1.54, 1.807) is 25.3 Å². The van der Waals surface area contributed by atoms with Gasteiger partial charge in [-0.15, -0.1) is 0 Å². The van der Waals surface area contributed by atoms with Crippen LogP contribution in [0.5, 0.6) is 11.5 Å². The Bertz CT molecular complexity index is 879. The van der Waals surface area contributed by atoms with Crippen LogP contribution in [0, 0.1) is 0 Å². The minimum Gasteiger partial charge on any atom is -0.496 e. The van der Waals surface area contributed by atoms with E-state index in [-0.39, 0.29) is 5.91 Å². The fourth-order valence-electron chi connectivity index (χ4n) is 2.16. The van der Waals surface area contributed by atoms with Gasteiger partial charge in [0.2, 0.25) is 0 Å². The van der Waals surface area contributed by atoms with Gasteiger partial charge in [0.15, 0.2) is 5.13 Å². The molecule has 1 amide bonds. The molecule has 1 N–H and O–H groups in total. The number of anilines is 1. The first-order valence-electron chi connectivity index (χ1n) is 6.71. The van der Waals surface area contributed by atoms with E-state index >= 15 is 0 Å². The summed E-state index contributed by atoms with van der Waals surface area (Å²) in [5.74, 6) is 0.772. The van der Waals surface area contributed by atoms with Crippen LogP contribution in [0.4, 0.5) is 5.13 Å². The topological polar surface area (TPSA) is 60.5 Å². The van der Waals surface area contributed by atoms with Crippen LogP contribution in [0.2, 0.25) is 5.02 Å². The smallest absolute Gasteiger partial charge is 0.261 e. The maximum atomic E-state index is 12.4. The molecule has 0 aliphatic carbocycles. The normalized spacial score (nSPS) is 10.6. The van der Waals surface area contributed by atoms with Gasteiger partial charge in [-0.1, -0.05) is 29.0 Å². The highest BCUT2D eigenvalue weighted by molar-refractivity contribution is 7.22. The Morgan fingerprint density at radius 1 is 1.17 bits per heavy atom. The van der Waals surface area contributed by atoms with Gasteiger partial charge >= 0.3 is 0 Å². The number of carbonyl (C=O) groups excluding carboxylic acids is 1. The average Bonchev–Trinajstić information content (AvgIpc) is 2.96. The van der Waals surface area contributed by atoms with Gasteiger partial charge in [-0.05, 0) is 30.3 Å². The van der Waals surface area contributed by atoms with Crippen molar-refractivity contribution in [3.05, 3.63) is 47.0 Å². The summed E-state index contributed by atoms with van der Waals surface area (Å²) in [7, 11) is 3.08. The molecule has 0 aliphatic heterocycles. The number of aromatic nitrogens is 1. The number of hydrogen-bond donors (Lipinski definition) is 1. The molecule has 0 spiro atoms. The van der Waals surface area contributed by atoms with E-state index in [1.165, 1.54) is 18.4 Å². The molecule has 0 saturated heterocycles. The zero-order valence-electron chi connectivity index (χ0n) is 12.4. The molecule has 1 aromatic heterocycles. The lowest BCUT2D eigenvalue weighted by atomic mass is 10.2. The van der Waals surface area contributed by atoms with Crippen molar-refractivity contribution >= 4 is 44.2 Å². The number of benzene rings is 2. The molecule has 0 aliphatic rings. The molecule has 0 saturated carbocycles. The Morgan fingerprint density at radius 3 is 2.70 bits per heavy atom. The molecule has 23 heavy (non-hydrogen) atoms. The molecule has 3 aromatic rings. The monoisotopic (exact) mass is 348 g/mol. The van der Waals surface area contributed by atoms with Crippen molar-refractivity contribution in [2.75, 3.05) is 19.5 Å². The van der Waals surface area contributed by atoms with Crippen LogP contribution in [0.1, 0.15) is 10.4 Å². The second kappa shape index (κ2) is 6.44. The molecule has 0 atom stereocenters. The number of hydrogen-bond acceptors (Lipinski definition) is 5. The standard InChI is InChI=1S/C16H13ClN2O3S/c1-21-11-4-3-5-13-14(11)18-16(23-13)19-15(20)10-7-6-9(17)8-12(10)22-2/h3-8H,1-2H3,(H,18,19,20). The molecular formula is C16H13ClN2O3S. The first-order valence-corrected chi connectivity index (χ1v) is 7.90. The van der Waals surface area contributed by atoms with Crippen molar-refractivity contribution in [2.24, 2.45) is 0 Å². The number of methoxy groups -OCH3 is 2. The molecule has 2 aromatic carbocycles. The summed E-state index contributed by atoms with van der Waals surface area (Å²) in [6.45, 7) is 0. The van der Waals surface area contributed by atoms with E-state index in [0.717, 1.165) is 10.2 Å². The summed E-state index contributed by atoms with van der Waals surface area (Å²) in [6.07, 6.45) is 0. The van der Waals surface area contributed by atoms with Crippen molar-refractivity contribution in [3.63, 3.8) is 0 Å². The number of amides is 1. The first-order chi connectivity index (χ1) is 11.1. The maximum absolute atomic E-state index is 12.4. The van der Waals surface area contributed by atoms with E-state index in [2.05, 4.69) is 10.3 Å². The van der Waals surface area contributed by atoms with Crippen LogP contribution in [0.3, 0.4) is 0 Å². The molecule has 5 nitrogen and oxygen atoms in total. The van der Waals surface area contributed by atoms with Crippen molar-refractivity contribution in [1.82, 2.24) is 4.98 Å². The lowest BCUT2D eigenvalue weighted by Gasteiger charge is -2.08. The largest absolute Gasteiger partial charge is 0.496 e. The molecule has 0 bridgehead atoms. The fraction of sp³-hybridized carbons (Fsp3) is 0.125. The quantitative estimate of drug-likeness (QED) is 0.766. The molecule has 0 unspecified atom stereocenters. The Morgan fingerprint density at radius 2 is 1.96 bits per heavy atom. The number of para-hydroxylation sites is 1. The van der Waals surface area contributed by atoms with Crippen LogP contribution in [-0.4, -0.2) is 25.1 Å². The minimum absolute atomic E-state index is 0.309. The summed E-state index contributed by atoms with van der Waals surface area (Å²) >= 11 is 7.29. The molecule has 0 fully saturated rings. The summed E-state index contributed by atoms with van der Waals surface area (Å²) < 4.78 is 11.4. The van der Waals surface area contributed by atoms with E-state index in [9.17, 15) is 4.79 Å². The van der Waals surface area contributed by atoms with Gasteiger partial charge in [0.05, 0.1) is 24.5 Å². The van der Waals surface area contributed by atoms with Gasteiger partial charge in [-0.2, -0.15) is 0 Å². The van der Waals surface area contributed by atoms with Gasteiger partial charge in [0.1, 0.15) is 17.0 Å². The van der Waals surface area contributed by atoms with Gasteiger partial charge < -0.3 is 9.47 Å². The van der Waals surface area contributed by atoms with E-state index in [1.807, 2.05) is 18.2 Å². The Hall–Kier alpha value is -2.31. The van der Waals surface area contributed by atoms with Crippen molar-refractivity contribution in [1.29, 1.82) is 0 Å². The number of nitrogens with one attached hydrogen (secondary N) is 1. The third kappa shape index (κ3) is 3.09. The molecule has 118 valence electrons. The van der Waals surface area contributed by atoms with Crippen LogP contribution in [-0.2, 0) is 0 Å². The molecule has 0 radical (unpaired) electrons. The number of halogens is 1. The van der Waals surface area contributed by atoms with E-state index in [0.29, 0.717) is 27.2 Å². The molecule has 1 heterocycles. The number of ether oxygens (including phenoxy) is 2. The zero-order valence-corrected chi connectivity index (χ0v) is 14.0. The first kappa shape index (κ1) is 15.6. The zero-order chi connectivity index (χ0) is 16.4. The summed E-state index contributed by atoms with van der Waals surface area (Å²) in [5, 5.41) is 3.78. The van der Waals surface area contributed by atoms with Crippen molar-refractivity contribution < 1.29 is 14.3 Å². The van der Waals surface area contributed by atoms with Crippen LogP contribution < -0.4 is 14.8 Å². The summed E-state index contributed by atoms with van der Waals surface area (Å²) in [5.41, 5.74) is 1.11. The molecule has 3 rings (SSSR count). The lowest BCUT2D eigenvalue weighted by Crippen LogP contribution is -2.12. The Labute approximate surface area is 141 Å². The van der Waals surface area contributed by atoms with E-state index < -0.39 is 0 Å². The van der Waals surface area contributed by atoms with Crippen LogP contribution in [0.25, 0.3) is 10.2 Å². The molecule has 7 heteroatoms. The highest BCUT2D eigenvalue weighted by Crippen LogP contribution is 2.32. The fourth-order valence-corrected chi connectivity index (χ4v) is 3.20. The Balaban J connectivity index is 1.91. The summed E-state index contributed by atoms with van der Waals surface area (Å²) in [4.78, 5) is 16.9. The van der Waals surface area contributed by atoms with Crippen LogP contribution >= 0.6 is 22.9 Å². The SMILES string of the molecule is COc1cc(Cl)ccc1C(=O)Nc1nc2c(OC)cccc2s1. The average molecular weight is 349 g/mol. The number of nitrogens with zero attached hydrogens (tertiary/aromatic N) is 1. The van der Waals surface area contributed by atoms with Gasteiger partial charge in [-0.3, -0.25) is 10.1 Å². The predicted octanol–water partition coefficient (Wildman–Crippen LogP) is 4.22. The second-order valence-corrected chi connectivity index (χ2v) is 6.09. The van der Waals surface area contributed by atoms with Crippen molar-refractivity contribution in [2.45, 2.75) is 0 Å². The van der Waals surface area contributed by atoms with Crippen LogP contribution in [0.15, 0.2) is 36.4 Å². The predicted molar refractivity (Wildman–Crippen MR) is 92.1 cm³/mol. The molecular weight excluding hydrogens is 336 g/mol. The highest BCUT2D eigenvalue weighted by Gasteiger charge is 2.16. The van der Waals surface area contributed by atoms with E-state index in [4.69, 9.17) is 21.1 Å². The third-order valence-electron chi connectivity index (χ3n) is 3.23. The maximum Gasteiger partial charge on any atom is 0.261 e. The highest BCUT2D eigenvalue weighted by atomic mass is 35.5. The Kier molecular flexibility index (Phi) is 4.36. The number of thiazole rings is 1.